The molecule has 0 heterocycles. The van der Waals surface area contributed by atoms with Gasteiger partial charge in [0, 0.05) is 9.79 Å². The first-order chi connectivity index (χ1) is 16.2. The maximum Gasteiger partial charge on any atom is 0.252 e. The summed E-state index contributed by atoms with van der Waals surface area (Å²) in [5.41, 5.74) is 1.06. The molecule has 0 saturated carbocycles. The minimum absolute atomic E-state index is 0.109. The molecule has 34 heavy (non-hydrogen) atoms. The highest BCUT2D eigenvalue weighted by Crippen LogP contribution is 2.40. The van der Waals surface area contributed by atoms with Gasteiger partial charge in [0.15, 0.2) is 0 Å². The van der Waals surface area contributed by atoms with Crippen LogP contribution in [0.1, 0.15) is 61.3 Å². The van der Waals surface area contributed by atoms with E-state index in [-0.39, 0.29) is 37.1 Å². The minimum atomic E-state index is -0.298. The second-order valence-corrected chi connectivity index (χ2v) is 11.3. The van der Waals surface area contributed by atoms with Crippen LogP contribution in [0.2, 0.25) is 0 Å². The third kappa shape index (κ3) is 8.98. The van der Waals surface area contributed by atoms with Gasteiger partial charge in [-0.15, -0.1) is 0 Å². The smallest absolute Gasteiger partial charge is 0.252 e. The molecule has 0 aromatic heterocycles. The second kappa shape index (κ2) is 14.4. The molecule has 0 spiro atoms. The molecule has 2 aromatic rings. The highest BCUT2D eigenvalue weighted by Gasteiger charge is 2.20. The van der Waals surface area contributed by atoms with Gasteiger partial charge in [0.25, 0.3) is 11.8 Å². The van der Waals surface area contributed by atoms with Crippen LogP contribution in [0.4, 0.5) is 0 Å². The molecule has 2 aromatic carbocycles. The third-order valence-corrected chi connectivity index (χ3v) is 7.59. The molecule has 0 fully saturated rings. The molecule has 6 nitrogen and oxygen atoms in total. The summed E-state index contributed by atoms with van der Waals surface area (Å²) in [6, 6.07) is 14.0. The molecule has 0 bridgehead atoms. The van der Waals surface area contributed by atoms with Crippen molar-refractivity contribution >= 4 is 33.4 Å². The van der Waals surface area contributed by atoms with E-state index >= 15 is 0 Å². The van der Waals surface area contributed by atoms with Gasteiger partial charge in [-0.05, 0) is 48.9 Å². The number of hydrogen-bond donors (Lipinski definition) is 4. The maximum atomic E-state index is 12.9. The lowest BCUT2D eigenvalue weighted by Crippen LogP contribution is -2.38. The molecule has 0 aliphatic carbocycles. The van der Waals surface area contributed by atoms with Crippen LogP contribution in [0, 0.1) is 11.8 Å². The Labute approximate surface area is 210 Å². The number of rotatable bonds is 13. The van der Waals surface area contributed by atoms with Crippen molar-refractivity contribution in [3.8, 4) is 0 Å². The van der Waals surface area contributed by atoms with Crippen molar-refractivity contribution in [2.75, 3.05) is 13.2 Å². The van der Waals surface area contributed by atoms with Gasteiger partial charge >= 0.3 is 0 Å². The first kappa shape index (κ1) is 28.2. The Morgan fingerprint density at radius 2 is 1.06 bits per heavy atom. The van der Waals surface area contributed by atoms with Crippen molar-refractivity contribution in [2.45, 2.75) is 62.4 Å². The molecule has 2 rings (SSSR count). The summed E-state index contributed by atoms with van der Waals surface area (Å²) < 4.78 is 0. The van der Waals surface area contributed by atoms with Crippen LogP contribution in [-0.4, -0.2) is 47.3 Å². The third-order valence-electron chi connectivity index (χ3n) is 5.11. The Morgan fingerprint density at radius 3 is 1.38 bits per heavy atom. The molecule has 0 aliphatic rings. The highest BCUT2D eigenvalue weighted by molar-refractivity contribution is 8.76. The van der Waals surface area contributed by atoms with Gasteiger partial charge < -0.3 is 20.8 Å². The molecule has 0 radical (unpaired) electrons. The number of amides is 2. The summed E-state index contributed by atoms with van der Waals surface area (Å²) in [4.78, 5) is 27.4. The van der Waals surface area contributed by atoms with Crippen LogP contribution in [-0.2, 0) is 0 Å². The fraction of sp³-hybridized carbons (Fsp3) is 0.462. The molecule has 0 aliphatic heterocycles. The standard InChI is InChI=1S/C26H36N2O4S2/c1-17(2)13-19(15-29)27-25(31)21-9-5-7-11-23(21)33-34-24-12-8-6-10-22(24)26(32)28-20(16-30)14-18(3)4/h5-12,17-20,29-30H,13-16H2,1-4H3,(H,27,31)(H,28,32)/t19-,20+. The van der Waals surface area contributed by atoms with E-state index < -0.39 is 0 Å². The highest BCUT2D eigenvalue weighted by atomic mass is 33.1. The van der Waals surface area contributed by atoms with Gasteiger partial charge in [0.1, 0.15) is 0 Å². The second-order valence-electron chi connectivity index (χ2n) is 9.12. The van der Waals surface area contributed by atoms with Crippen LogP contribution in [0.5, 0.6) is 0 Å². The number of nitrogens with one attached hydrogen (secondary N) is 2. The Balaban J connectivity index is 2.13. The predicted octanol–water partition coefficient (Wildman–Crippen LogP) is 4.76. The lowest BCUT2D eigenvalue weighted by molar-refractivity contribution is 0.0898. The van der Waals surface area contributed by atoms with E-state index in [1.807, 2.05) is 36.4 Å². The summed E-state index contributed by atoms with van der Waals surface area (Å²) in [5, 5.41) is 25.1. The largest absolute Gasteiger partial charge is 0.394 e. The van der Waals surface area contributed by atoms with Gasteiger partial charge in [-0.1, -0.05) is 73.5 Å². The first-order valence-electron chi connectivity index (χ1n) is 11.6. The number of hydrogen-bond acceptors (Lipinski definition) is 6. The molecule has 186 valence electrons. The van der Waals surface area contributed by atoms with Gasteiger partial charge in [-0.2, -0.15) is 0 Å². The van der Waals surface area contributed by atoms with Crippen LogP contribution in [0.25, 0.3) is 0 Å². The van der Waals surface area contributed by atoms with E-state index in [1.54, 1.807) is 12.1 Å². The molecule has 2 atom stereocenters. The minimum Gasteiger partial charge on any atom is -0.394 e. The summed E-state index contributed by atoms with van der Waals surface area (Å²) in [5.74, 6) is 0.250. The predicted molar refractivity (Wildman–Crippen MR) is 140 cm³/mol. The molecular weight excluding hydrogens is 468 g/mol. The van der Waals surface area contributed by atoms with Crippen molar-refractivity contribution in [1.29, 1.82) is 0 Å². The number of carbonyl (C=O) groups excluding carboxylic acids is 2. The fourth-order valence-electron chi connectivity index (χ4n) is 3.57. The zero-order valence-corrected chi connectivity index (χ0v) is 21.9. The Hall–Kier alpha value is -2.00. The maximum absolute atomic E-state index is 12.9. The average molecular weight is 505 g/mol. The van der Waals surface area contributed by atoms with Gasteiger partial charge in [0.2, 0.25) is 0 Å². The first-order valence-corrected chi connectivity index (χ1v) is 13.8. The van der Waals surface area contributed by atoms with Crippen LogP contribution < -0.4 is 10.6 Å². The zero-order valence-electron chi connectivity index (χ0n) is 20.3. The van der Waals surface area contributed by atoms with Crippen molar-refractivity contribution in [2.24, 2.45) is 11.8 Å². The summed E-state index contributed by atoms with van der Waals surface area (Å²) >= 11 is 0. The van der Waals surface area contributed by atoms with E-state index in [0.717, 1.165) is 9.79 Å². The van der Waals surface area contributed by atoms with E-state index in [2.05, 4.69) is 38.3 Å². The Morgan fingerprint density at radius 1 is 0.706 bits per heavy atom. The van der Waals surface area contributed by atoms with Gasteiger partial charge in [0.05, 0.1) is 36.4 Å². The quantitative estimate of drug-likeness (QED) is 0.294. The molecule has 0 saturated heterocycles. The van der Waals surface area contributed by atoms with Crippen LogP contribution in [0.15, 0.2) is 58.3 Å². The lowest BCUT2D eigenvalue weighted by Gasteiger charge is -2.20. The van der Waals surface area contributed by atoms with Crippen molar-refractivity contribution in [1.82, 2.24) is 10.6 Å². The fourth-order valence-corrected chi connectivity index (χ4v) is 5.93. The number of benzene rings is 2. The Kier molecular flexibility index (Phi) is 12.0. The lowest BCUT2D eigenvalue weighted by atomic mass is 10.0. The van der Waals surface area contributed by atoms with Crippen molar-refractivity contribution < 1.29 is 19.8 Å². The summed E-state index contributed by atoms with van der Waals surface area (Å²) in [7, 11) is 2.82. The molecule has 8 heteroatoms. The van der Waals surface area contributed by atoms with Crippen LogP contribution in [0.3, 0.4) is 0 Å². The SMILES string of the molecule is CC(C)C[C@@H](CO)NC(=O)c1ccccc1SSc1ccccc1C(=O)N[C@@H](CO)CC(C)C. The van der Waals surface area contributed by atoms with Crippen molar-refractivity contribution in [3.05, 3.63) is 59.7 Å². The summed E-state index contributed by atoms with van der Waals surface area (Å²) in [6.07, 6.45) is 1.39. The van der Waals surface area contributed by atoms with E-state index in [1.165, 1.54) is 21.6 Å². The molecular formula is C26H36N2O4S2. The van der Waals surface area contributed by atoms with Crippen molar-refractivity contribution in [3.63, 3.8) is 0 Å². The number of aliphatic hydroxyl groups is 2. The zero-order chi connectivity index (χ0) is 25.1. The van der Waals surface area contributed by atoms with E-state index in [4.69, 9.17) is 0 Å². The monoisotopic (exact) mass is 504 g/mol. The summed E-state index contributed by atoms with van der Waals surface area (Å²) in [6.45, 7) is 7.98. The van der Waals surface area contributed by atoms with E-state index in [0.29, 0.717) is 35.8 Å². The van der Waals surface area contributed by atoms with Gasteiger partial charge in [-0.25, -0.2) is 0 Å². The topological polar surface area (TPSA) is 98.7 Å². The number of carbonyl (C=O) groups is 2. The van der Waals surface area contributed by atoms with Gasteiger partial charge in [-0.3, -0.25) is 9.59 Å². The molecule has 4 N–H and O–H groups in total. The van der Waals surface area contributed by atoms with Crippen LogP contribution >= 0.6 is 21.6 Å². The Bertz CT molecular complexity index is 861. The molecule has 0 unspecified atom stereocenters. The van der Waals surface area contributed by atoms with E-state index in [9.17, 15) is 19.8 Å². The number of aliphatic hydroxyl groups excluding tert-OH is 2. The molecule has 2 amide bonds. The average Bonchev–Trinajstić information content (AvgIpc) is 2.81. The normalized spacial score (nSPS) is 13.1.